The molecule has 2 aliphatic heterocycles. The minimum Gasteiger partial charge on any atom is -0.314 e. The second kappa shape index (κ2) is 3.47. The Hall–Kier alpha value is -0.130. The minimum absolute atomic E-state index is 0.454. The lowest BCUT2D eigenvalue weighted by Gasteiger charge is -2.43. The van der Waals surface area contributed by atoms with Crippen molar-refractivity contribution in [2.75, 3.05) is 25.9 Å². The molecule has 14 heavy (non-hydrogen) atoms. The first-order chi connectivity index (χ1) is 6.47. The molecule has 1 N–H and O–H groups in total. The van der Waals surface area contributed by atoms with Gasteiger partial charge in [0.25, 0.3) is 0 Å². The van der Waals surface area contributed by atoms with E-state index < -0.39 is 10.0 Å². The van der Waals surface area contributed by atoms with Crippen LogP contribution < -0.4 is 5.32 Å². The molecule has 0 saturated carbocycles. The zero-order valence-corrected chi connectivity index (χ0v) is 9.55. The predicted octanol–water partition coefficient (Wildman–Crippen LogP) is -0.124. The van der Waals surface area contributed by atoms with E-state index >= 15 is 0 Å². The van der Waals surface area contributed by atoms with Gasteiger partial charge in [-0.3, -0.25) is 0 Å². The average molecular weight is 218 g/mol. The van der Waals surface area contributed by atoms with E-state index in [9.17, 15) is 8.42 Å². The van der Waals surface area contributed by atoms with Crippen molar-refractivity contribution >= 4 is 10.0 Å². The number of nitrogens with one attached hydrogen (secondary N) is 1. The van der Waals surface area contributed by atoms with Gasteiger partial charge in [-0.15, -0.1) is 0 Å². The van der Waals surface area contributed by atoms with Gasteiger partial charge in [0.05, 0.1) is 6.26 Å². The van der Waals surface area contributed by atoms with Crippen LogP contribution in [0.4, 0.5) is 0 Å². The van der Waals surface area contributed by atoms with Gasteiger partial charge in [0.15, 0.2) is 0 Å². The maximum Gasteiger partial charge on any atom is 0.211 e. The van der Waals surface area contributed by atoms with Gasteiger partial charge >= 0.3 is 0 Å². The van der Waals surface area contributed by atoms with Crippen molar-refractivity contribution < 1.29 is 8.42 Å². The van der Waals surface area contributed by atoms with E-state index in [4.69, 9.17) is 0 Å². The zero-order chi connectivity index (χ0) is 10.3. The number of hydrogen-bond acceptors (Lipinski definition) is 3. The summed E-state index contributed by atoms with van der Waals surface area (Å²) in [5.41, 5.74) is 0. The smallest absolute Gasteiger partial charge is 0.211 e. The van der Waals surface area contributed by atoms with Crippen LogP contribution in [0.1, 0.15) is 13.3 Å². The molecule has 2 aliphatic rings. The van der Waals surface area contributed by atoms with Crippen molar-refractivity contribution in [3.63, 3.8) is 0 Å². The second-order valence-corrected chi connectivity index (χ2v) is 6.62. The summed E-state index contributed by atoms with van der Waals surface area (Å²) in [6.45, 7) is 4.51. The van der Waals surface area contributed by atoms with Gasteiger partial charge in [-0.1, -0.05) is 0 Å². The lowest BCUT2D eigenvalue weighted by Crippen LogP contribution is -2.56. The van der Waals surface area contributed by atoms with E-state index in [1.54, 1.807) is 4.31 Å². The van der Waals surface area contributed by atoms with Gasteiger partial charge in [0.1, 0.15) is 0 Å². The summed E-state index contributed by atoms with van der Waals surface area (Å²) < 4.78 is 24.5. The number of rotatable bonds is 1. The molecule has 0 aliphatic carbocycles. The summed E-state index contributed by atoms with van der Waals surface area (Å²) in [5.74, 6) is 1.01. The SMILES string of the molecule is C[C@@H]1NC[C@@H]2C[C@@H]1CN(S(C)(=O)=O)C2. The molecule has 2 rings (SSSR count). The highest BCUT2D eigenvalue weighted by atomic mass is 32.2. The Morgan fingerprint density at radius 1 is 1.36 bits per heavy atom. The fraction of sp³-hybridized carbons (Fsp3) is 1.00. The summed E-state index contributed by atoms with van der Waals surface area (Å²) in [5, 5.41) is 3.43. The molecule has 2 bridgehead atoms. The average Bonchev–Trinajstić information content (AvgIpc) is 2.10. The molecule has 0 spiro atoms. The number of sulfonamides is 1. The van der Waals surface area contributed by atoms with E-state index in [0.717, 1.165) is 6.54 Å². The van der Waals surface area contributed by atoms with Crippen molar-refractivity contribution in [1.29, 1.82) is 0 Å². The Balaban J connectivity index is 2.13. The van der Waals surface area contributed by atoms with Gasteiger partial charge in [-0.25, -0.2) is 12.7 Å². The van der Waals surface area contributed by atoms with Crippen LogP contribution in [-0.4, -0.2) is 44.7 Å². The van der Waals surface area contributed by atoms with E-state index in [-0.39, 0.29) is 0 Å². The molecule has 0 radical (unpaired) electrons. The monoisotopic (exact) mass is 218 g/mol. The maximum atomic E-state index is 11.4. The summed E-state index contributed by atoms with van der Waals surface area (Å²) >= 11 is 0. The van der Waals surface area contributed by atoms with Crippen molar-refractivity contribution in [1.82, 2.24) is 9.62 Å². The van der Waals surface area contributed by atoms with E-state index in [1.165, 1.54) is 12.7 Å². The second-order valence-electron chi connectivity index (χ2n) is 4.64. The molecule has 0 unspecified atom stereocenters. The highest BCUT2D eigenvalue weighted by molar-refractivity contribution is 7.88. The van der Waals surface area contributed by atoms with Crippen LogP contribution in [0.2, 0.25) is 0 Å². The number of nitrogens with zero attached hydrogens (tertiary/aromatic N) is 1. The molecule has 4 nitrogen and oxygen atoms in total. The summed E-state index contributed by atoms with van der Waals surface area (Å²) in [6, 6.07) is 0.454. The number of piperidine rings is 2. The van der Waals surface area contributed by atoms with Crippen molar-refractivity contribution in [2.24, 2.45) is 11.8 Å². The lowest BCUT2D eigenvalue weighted by molar-refractivity contribution is 0.125. The predicted molar refractivity (Wildman–Crippen MR) is 55.5 cm³/mol. The molecule has 0 aromatic carbocycles. The molecule has 0 amide bonds. The van der Waals surface area contributed by atoms with Gasteiger partial charge in [-0.05, 0) is 31.7 Å². The first kappa shape index (κ1) is 10.4. The topological polar surface area (TPSA) is 49.4 Å². The van der Waals surface area contributed by atoms with Crippen LogP contribution >= 0.6 is 0 Å². The lowest BCUT2D eigenvalue weighted by atomic mass is 9.82. The first-order valence-electron chi connectivity index (χ1n) is 5.15. The fourth-order valence-electron chi connectivity index (χ4n) is 2.50. The first-order valence-corrected chi connectivity index (χ1v) is 7.00. The molecule has 3 atom stereocenters. The van der Waals surface area contributed by atoms with Gasteiger partial charge in [-0.2, -0.15) is 0 Å². The summed E-state index contributed by atoms with van der Waals surface area (Å²) in [6.07, 6.45) is 2.49. The highest BCUT2D eigenvalue weighted by Gasteiger charge is 2.37. The molecule has 82 valence electrons. The van der Waals surface area contributed by atoms with E-state index in [0.29, 0.717) is 31.0 Å². The molecular formula is C9H18N2O2S. The molecule has 0 aromatic heterocycles. The summed E-state index contributed by atoms with van der Waals surface area (Å²) in [4.78, 5) is 0. The van der Waals surface area contributed by atoms with Crippen LogP contribution in [0.25, 0.3) is 0 Å². The molecule has 5 heteroatoms. The highest BCUT2D eigenvalue weighted by Crippen LogP contribution is 2.29. The number of fused-ring (bicyclic) bond motifs is 2. The third kappa shape index (κ3) is 1.94. The van der Waals surface area contributed by atoms with Crippen LogP contribution in [0.3, 0.4) is 0 Å². The Morgan fingerprint density at radius 2 is 2.07 bits per heavy atom. The number of hydrogen-bond donors (Lipinski definition) is 1. The van der Waals surface area contributed by atoms with Crippen molar-refractivity contribution in [3.05, 3.63) is 0 Å². The largest absolute Gasteiger partial charge is 0.314 e. The van der Waals surface area contributed by atoms with Crippen LogP contribution in [-0.2, 0) is 10.0 Å². The Morgan fingerprint density at radius 3 is 2.71 bits per heavy atom. The normalized spacial score (nSPS) is 39.7. The minimum atomic E-state index is -2.99. The Kier molecular flexibility index (Phi) is 2.57. The van der Waals surface area contributed by atoms with Crippen LogP contribution in [0.5, 0.6) is 0 Å². The molecule has 2 heterocycles. The third-order valence-electron chi connectivity index (χ3n) is 3.44. The molecule has 2 fully saturated rings. The van der Waals surface area contributed by atoms with E-state index in [2.05, 4.69) is 12.2 Å². The summed E-state index contributed by atoms with van der Waals surface area (Å²) in [7, 11) is -2.99. The quantitative estimate of drug-likeness (QED) is 0.667. The van der Waals surface area contributed by atoms with Gasteiger partial charge in [0, 0.05) is 19.1 Å². The molecule has 2 saturated heterocycles. The fourth-order valence-corrected chi connectivity index (χ4v) is 3.45. The molecule has 0 aromatic rings. The van der Waals surface area contributed by atoms with Crippen molar-refractivity contribution in [2.45, 2.75) is 19.4 Å². The van der Waals surface area contributed by atoms with E-state index in [1.807, 2.05) is 0 Å². The maximum absolute atomic E-state index is 11.4. The Labute approximate surface area is 85.7 Å². The van der Waals surface area contributed by atoms with Gasteiger partial charge < -0.3 is 5.32 Å². The van der Waals surface area contributed by atoms with Gasteiger partial charge in [0.2, 0.25) is 10.0 Å². The molecular weight excluding hydrogens is 200 g/mol. The van der Waals surface area contributed by atoms with Crippen LogP contribution in [0, 0.1) is 11.8 Å². The Bertz CT molecular complexity index is 315. The van der Waals surface area contributed by atoms with Crippen LogP contribution in [0.15, 0.2) is 0 Å². The van der Waals surface area contributed by atoms with Crippen molar-refractivity contribution in [3.8, 4) is 0 Å². The zero-order valence-electron chi connectivity index (χ0n) is 8.73. The standard InChI is InChI=1S/C9H18N2O2S/c1-7-9-3-8(4-10-7)5-11(6-9)14(2,12)13/h7-10H,3-6H2,1-2H3/t7-,8-,9+/m0/s1. The third-order valence-corrected chi connectivity index (χ3v) is 4.68.